The molecule has 0 radical (unpaired) electrons. The third kappa shape index (κ3) is 2.47. The number of carbonyl (C=O) groups is 1. The van der Waals surface area contributed by atoms with Crippen LogP contribution >= 0.6 is 0 Å². The molecule has 118 valence electrons. The van der Waals surface area contributed by atoms with Crippen LogP contribution in [0.5, 0.6) is 11.5 Å². The van der Waals surface area contributed by atoms with Crippen LogP contribution in [0.1, 0.15) is 43.4 Å². The van der Waals surface area contributed by atoms with E-state index in [1.165, 1.54) is 16.8 Å². The van der Waals surface area contributed by atoms with Crippen molar-refractivity contribution < 1.29 is 14.3 Å². The third-order valence-electron chi connectivity index (χ3n) is 4.60. The number of benzene rings is 1. The number of fused-ring (bicyclic) bond motifs is 3. The van der Waals surface area contributed by atoms with Crippen molar-refractivity contribution in [3.63, 3.8) is 0 Å². The van der Waals surface area contributed by atoms with Crippen LogP contribution in [0, 0.1) is 0 Å². The van der Waals surface area contributed by atoms with Crippen molar-refractivity contribution in [2.75, 3.05) is 20.8 Å². The molecule has 1 unspecified atom stereocenters. The average molecular weight is 301 g/mol. The van der Waals surface area contributed by atoms with Gasteiger partial charge in [0.1, 0.15) is 0 Å². The Labute approximate surface area is 131 Å². The predicted molar refractivity (Wildman–Crippen MR) is 85.3 cm³/mol. The summed E-state index contributed by atoms with van der Waals surface area (Å²) in [7, 11) is 3.31. The molecule has 2 heterocycles. The second-order valence-electron chi connectivity index (χ2n) is 5.92. The number of ether oxygens (including phenoxy) is 2. The first kappa shape index (κ1) is 14.9. The van der Waals surface area contributed by atoms with E-state index in [4.69, 9.17) is 9.47 Å². The van der Waals surface area contributed by atoms with E-state index in [1.54, 1.807) is 14.2 Å². The molecular weight excluding hydrogens is 278 g/mol. The van der Waals surface area contributed by atoms with E-state index in [2.05, 4.69) is 17.9 Å². The van der Waals surface area contributed by atoms with Gasteiger partial charge in [-0.05, 0) is 36.1 Å². The van der Waals surface area contributed by atoms with Crippen LogP contribution in [0.2, 0.25) is 0 Å². The van der Waals surface area contributed by atoms with Gasteiger partial charge in [0.2, 0.25) is 0 Å². The summed E-state index contributed by atoms with van der Waals surface area (Å²) in [5.74, 6) is 1.73. The number of allylic oxidation sites excluding steroid dienone is 2. The first-order valence-corrected chi connectivity index (χ1v) is 7.92. The SMILES string of the molecule is CCCC1=CC(=O)CC2c3cc(OC)c(OC)cc3CCN12. The molecule has 3 rings (SSSR count). The number of hydrogen-bond donors (Lipinski definition) is 0. The molecule has 4 heteroatoms. The van der Waals surface area contributed by atoms with Gasteiger partial charge in [-0.2, -0.15) is 0 Å². The Morgan fingerprint density at radius 2 is 1.95 bits per heavy atom. The second-order valence-corrected chi connectivity index (χ2v) is 5.92. The number of carbonyl (C=O) groups excluding carboxylic acids is 1. The van der Waals surface area contributed by atoms with Gasteiger partial charge in [-0.15, -0.1) is 0 Å². The molecular formula is C18H23NO3. The molecule has 0 spiro atoms. The van der Waals surface area contributed by atoms with Crippen molar-refractivity contribution in [3.8, 4) is 11.5 Å². The van der Waals surface area contributed by atoms with Crippen LogP contribution in [0.3, 0.4) is 0 Å². The summed E-state index contributed by atoms with van der Waals surface area (Å²) >= 11 is 0. The molecule has 1 aromatic rings. The molecule has 0 bridgehead atoms. The maximum Gasteiger partial charge on any atom is 0.161 e. The fourth-order valence-electron chi connectivity index (χ4n) is 3.58. The highest BCUT2D eigenvalue weighted by Gasteiger charge is 2.34. The van der Waals surface area contributed by atoms with Gasteiger partial charge in [0.25, 0.3) is 0 Å². The molecule has 0 fully saturated rings. The maximum atomic E-state index is 12.1. The van der Waals surface area contributed by atoms with Crippen molar-refractivity contribution in [2.24, 2.45) is 0 Å². The van der Waals surface area contributed by atoms with E-state index >= 15 is 0 Å². The average Bonchev–Trinajstić information content (AvgIpc) is 2.53. The Morgan fingerprint density at radius 1 is 1.23 bits per heavy atom. The monoisotopic (exact) mass is 301 g/mol. The van der Waals surface area contributed by atoms with Gasteiger partial charge >= 0.3 is 0 Å². The lowest BCUT2D eigenvalue weighted by molar-refractivity contribution is -0.116. The first-order valence-electron chi connectivity index (χ1n) is 7.92. The Balaban J connectivity index is 2.03. The summed E-state index contributed by atoms with van der Waals surface area (Å²) in [5.41, 5.74) is 3.66. The van der Waals surface area contributed by atoms with Crippen molar-refractivity contribution >= 4 is 5.78 Å². The van der Waals surface area contributed by atoms with Gasteiger partial charge in [-0.1, -0.05) is 13.3 Å². The molecule has 1 aromatic carbocycles. The van der Waals surface area contributed by atoms with Crippen LogP contribution in [-0.4, -0.2) is 31.4 Å². The minimum absolute atomic E-state index is 0.141. The number of methoxy groups -OCH3 is 2. The standard InChI is InChI=1S/C18H23NO3/c1-4-5-13-9-14(20)10-16-15-11-18(22-3)17(21-2)8-12(15)6-7-19(13)16/h8-9,11,16H,4-7,10H2,1-3H3. The molecule has 0 saturated heterocycles. The Bertz CT molecular complexity index is 621. The van der Waals surface area contributed by atoms with Gasteiger partial charge in [0.05, 0.1) is 20.3 Å². The molecule has 0 aromatic heterocycles. The fraction of sp³-hybridized carbons (Fsp3) is 0.500. The van der Waals surface area contributed by atoms with Gasteiger partial charge in [0, 0.05) is 24.7 Å². The number of nitrogens with zero attached hydrogens (tertiary/aromatic N) is 1. The van der Waals surface area contributed by atoms with E-state index in [0.29, 0.717) is 6.42 Å². The molecule has 2 aliphatic heterocycles. The van der Waals surface area contributed by atoms with Crippen LogP contribution in [0.25, 0.3) is 0 Å². The van der Waals surface area contributed by atoms with Gasteiger partial charge in [0.15, 0.2) is 17.3 Å². The molecule has 0 N–H and O–H groups in total. The highest BCUT2D eigenvalue weighted by Crippen LogP contribution is 2.42. The largest absolute Gasteiger partial charge is 0.493 e. The highest BCUT2D eigenvalue weighted by molar-refractivity contribution is 5.92. The zero-order chi connectivity index (χ0) is 15.7. The van der Waals surface area contributed by atoms with Gasteiger partial charge in [-0.25, -0.2) is 0 Å². The topological polar surface area (TPSA) is 38.8 Å². The van der Waals surface area contributed by atoms with E-state index in [0.717, 1.165) is 37.3 Å². The predicted octanol–water partition coefficient (Wildman–Crippen LogP) is 3.26. The zero-order valence-corrected chi connectivity index (χ0v) is 13.5. The number of hydrogen-bond acceptors (Lipinski definition) is 4. The van der Waals surface area contributed by atoms with Gasteiger partial charge < -0.3 is 14.4 Å². The van der Waals surface area contributed by atoms with Crippen LogP contribution in [-0.2, 0) is 11.2 Å². The Hall–Kier alpha value is -1.97. The molecule has 0 saturated carbocycles. The second kappa shape index (κ2) is 6.03. The molecule has 0 amide bonds. The summed E-state index contributed by atoms with van der Waals surface area (Å²) in [6, 6.07) is 4.25. The quantitative estimate of drug-likeness (QED) is 0.855. The molecule has 22 heavy (non-hydrogen) atoms. The summed E-state index contributed by atoms with van der Waals surface area (Å²) < 4.78 is 10.8. The third-order valence-corrected chi connectivity index (χ3v) is 4.60. The molecule has 4 nitrogen and oxygen atoms in total. The summed E-state index contributed by atoms with van der Waals surface area (Å²) in [6.07, 6.45) is 5.38. The Morgan fingerprint density at radius 3 is 2.64 bits per heavy atom. The minimum atomic E-state index is 0.141. The number of ketones is 1. The van der Waals surface area contributed by atoms with Crippen molar-refractivity contribution in [3.05, 3.63) is 35.0 Å². The van der Waals surface area contributed by atoms with E-state index in [9.17, 15) is 4.79 Å². The van der Waals surface area contributed by atoms with Crippen molar-refractivity contribution in [1.82, 2.24) is 4.90 Å². The smallest absolute Gasteiger partial charge is 0.161 e. The van der Waals surface area contributed by atoms with Crippen LogP contribution in [0.15, 0.2) is 23.9 Å². The summed E-state index contributed by atoms with van der Waals surface area (Å²) in [5, 5.41) is 0. The molecule has 2 aliphatic rings. The maximum absolute atomic E-state index is 12.1. The summed E-state index contributed by atoms with van der Waals surface area (Å²) in [4.78, 5) is 14.5. The number of rotatable bonds is 4. The normalized spacial score (nSPS) is 20.1. The van der Waals surface area contributed by atoms with E-state index in [-0.39, 0.29) is 11.8 Å². The minimum Gasteiger partial charge on any atom is -0.493 e. The van der Waals surface area contributed by atoms with Crippen molar-refractivity contribution in [1.29, 1.82) is 0 Å². The highest BCUT2D eigenvalue weighted by atomic mass is 16.5. The van der Waals surface area contributed by atoms with E-state index in [1.807, 2.05) is 12.1 Å². The van der Waals surface area contributed by atoms with Crippen molar-refractivity contribution in [2.45, 2.75) is 38.6 Å². The first-order chi connectivity index (χ1) is 10.7. The Kier molecular flexibility index (Phi) is 4.10. The zero-order valence-electron chi connectivity index (χ0n) is 13.5. The van der Waals surface area contributed by atoms with E-state index < -0.39 is 0 Å². The lowest BCUT2D eigenvalue weighted by Gasteiger charge is -2.42. The molecule has 0 aliphatic carbocycles. The fourth-order valence-corrected chi connectivity index (χ4v) is 3.58. The lowest BCUT2D eigenvalue weighted by Crippen LogP contribution is -2.38. The van der Waals surface area contributed by atoms with Crippen LogP contribution in [0.4, 0.5) is 0 Å². The van der Waals surface area contributed by atoms with Gasteiger partial charge in [-0.3, -0.25) is 4.79 Å². The summed E-state index contributed by atoms with van der Waals surface area (Å²) in [6.45, 7) is 3.12. The van der Waals surface area contributed by atoms with Crippen LogP contribution < -0.4 is 9.47 Å². The lowest BCUT2D eigenvalue weighted by atomic mass is 9.86. The molecule has 1 atom stereocenters.